The van der Waals surface area contributed by atoms with Gasteiger partial charge < -0.3 is 13.4 Å². The van der Waals surface area contributed by atoms with Crippen molar-refractivity contribution in [3.05, 3.63) is 236 Å². The van der Waals surface area contributed by atoms with Crippen molar-refractivity contribution >= 4 is 108 Å². The van der Waals surface area contributed by atoms with Crippen LogP contribution in [-0.2, 0) is 5.41 Å². The zero-order valence-corrected chi connectivity index (χ0v) is 42.7. The van der Waals surface area contributed by atoms with Gasteiger partial charge in [-0.15, -0.1) is 11.3 Å². The molecule has 0 bridgehead atoms. The molecule has 0 saturated carbocycles. The largest absolute Gasteiger partial charge is 0.456 e. The summed E-state index contributed by atoms with van der Waals surface area (Å²) in [5, 5.41) is 11.1. The number of para-hydroxylation sites is 3. The van der Waals surface area contributed by atoms with E-state index in [1.54, 1.807) is 11.3 Å². The van der Waals surface area contributed by atoms with Gasteiger partial charge in [0.2, 0.25) is 0 Å². The van der Waals surface area contributed by atoms with Crippen molar-refractivity contribution in [2.24, 2.45) is 0 Å². The molecule has 5 aromatic heterocycles. The first-order valence-corrected chi connectivity index (χ1v) is 27.1. The maximum atomic E-state index is 7.12. The number of rotatable bonds is 5. The average Bonchev–Trinajstić information content (AvgIpc) is 4.37. The highest BCUT2D eigenvalue weighted by Crippen LogP contribution is 2.52. The number of benzene rings is 11. The van der Waals surface area contributed by atoms with Crippen molar-refractivity contribution in [1.82, 2.24) is 14.5 Å². The summed E-state index contributed by atoms with van der Waals surface area (Å²) in [6.45, 7) is 4.69. The van der Waals surface area contributed by atoms with Crippen LogP contribution in [0.3, 0.4) is 0 Å². The lowest BCUT2D eigenvalue weighted by Gasteiger charge is -2.22. The summed E-state index contributed by atoms with van der Waals surface area (Å²) in [5.41, 5.74) is 19.1. The standard InChI is InChI=1S/C71H43N3O2S/c1-71(2)53-26-12-8-21-45(53)46-33-31-42(38-54(46)71)41-32-36-61-52(37-41)66-67(50-25-16-30-60-63(50)48-23-10-14-28-58(48)75-60)72-69(73-70(66)77-61)51-34-35-56(65-49-24-11-15-29-59(49)76-68(51)65)74-55-27-13-9-22-47(55)64-57(74)39-43-19-6-7-20-44(43)62(64)40-17-4-3-5-18-40/h3-39H,1-2H3. The quantitative estimate of drug-likeness (QED) is 0.172. The van der Waals surface area contributed by atoms with E-state index in [-0.39, 0.29) is 5.41 Å². The third kappa shape index (κ3) is 5.99. The van der Waals surface area contributed by atoms with Gasteiger partial charge in [0.25, 0.3) is 0 Å². The van der Waals surface area contributed by atoms with Crippen LogP contribution in [0.4, 0.5) is 0 Å². The fourth-order valence-electron chi connectivity index (χ4n) is 13.2. The number of thiophene rings is 1. The van der Waals surface area contributed by atoms with Crippen LogP contribution < -0.4 is 0 Å². The highest BCUT2D eigenvalue weighted by molar-refractivity contribution is 7.25. The second-order valence-electron chi connectivity index (χ2n) is 21.1. The third-order valence-electron chi connectivity index (χ3n) is 16.6. The van der Waals surface area contributed by atoms with Crippen molar-refractivity contribution in [3.8, 4) is 61.7 Å². The first-order chi connectivity index (χ1) is 37.9. The lowest BCUT2D eigenvalue weighted by Crippen LogP contribution is -2.14. The molecule has 5 nitrogen and oxygen atoms in total. The lowest BCUT2D eigenvalue weighted by atomic mass is 9.81. The van der Waals surface area contributed by atoms with Crippen LogP contribution in [0.5, 0.6) is 0 Å². The SMILES string of the molecule is CC1(C)c2ccccc2-c2ccc(-c3ccc4sc5nc(-c6ccc(-n7c8ccccc8c8c(-c9ccccc9)c9ccccc9cc87)c7c6oc6ccccc67)nc(-c6cccc7oc8ccccc8c67)c5c4c3)cc21. The number of hydrogen-bond acceptors (Lipinski definition) is 5. The van der Waals surface area contributed by atoms with Gasteiger partial charge in [-0.1, -0.05) is 178 Å². The predicted molar refractivity (Wildman–Crippen MR) is 321 cm³/mol. The van der Waals surface area contributed by atoms with Crippen LogP contribution in [0.2, 0.25) is 0 Å². The molecule has 11 aromatic carbocycles. The van der Waals surface area contributed by atoms with Crippen LogP contribution >= 0.6 is 11.3 Å². The summed E-state index contributed by atoms with van der Waals surface area (Å²) >= 11 is 1.71. The highest BCUT2D eigenvalue weighted by Gasteiger charge is 2.35. The molecule has 5 heterocycles. The molecule has 0 saturated heterocycles. The Morgan fingerprint density at radius 3 is 1.95 bits per heavy atom. The number of nitrogens with zero attached hydrogens (tertiary/aromatic N) is 3. The van der Waals surface area contributed by atoms with Gasteiger partial charge in [0.1, 0.15) is 27.2 Å². The minimum absolute atomic E-state index is 0.113. The number of aromatic nitrogens is 3. The summed E-state index contributed by atoms with van der Waals surface area (Å²) in [7, 11) is 0. The number of hydrogen-bond donors (Lipinski definition) is 0. The molecular weight excluding hydrogens is 959 g/mol. The molecule has 17 rings (SSSR count). The van der Waals surface area contributed by atoms with E-state index in [1.807, 2.05) is 18.2 Å². The molecule has 0 spiro atoms. The summed E-state index contributed by atoms with van der Waals surface area (Å²) in [4.78, 5) is 12.3. The molecule has 1 aliphatic carbocycles. The third-order valence-corrected chi connectivity index (χ3v) is 17.7. The molecular formula is C71H43N3O2S. The Morgan fingerprint density at radius 1 is 0.416 bits per heavy atom. The van der Waals surface area contributed by atoms with Crippen LogP contribution in [-0.4, -0.2) is 14.5 Å². The predicted octanol–water partition coefficient (Wildman–Crippen LogP) is 19.9. The first kappa shape index (κ1) is 42.7. The van der Waals surface area contributed by atoms with Crippen LogP contribution in [0.15, 0.2) is 233 Å². The minimum Gasteiger partial charge on any atom is -0.456 e. The van der Waals surface area contributed by atoms with E-state index >= 15 is 0 Å². The normalized spacial score (nSPS) is 13.2. The van der Waals surface area contributed by atoms with Crippen LogP contribution in [0.25, 0.3) is 158 Å². The summed E-state index contributed by atoms with van der Waals surface area (Å²) in [6.07, 6.45) is 0. The zero-order chi connectivity index (χ0) is 50.7. The van der Waals surface area contributed by atoms with Gasteiger partial charge in [0.05, 0.1) is 33.4 Å². The molecule has 0 fully saturated rings. The monoisotopic (exact) mass is 1000 g/mol. The molecule has 0 N–H and O–H groups in total. The van der Waals surface area contributed by atoms with E-state index in [0.717, 1.165) is 103 Å². The van der Waals surface area contributed by atoms with Gasteiger partial charge >= 0.3 is 0 Å². The second kappa shape index (κ2) is 15.7. The molecule has 360 valence electrons. The fraction of sp³-hybridized carbons (Fsp3) is 0.0423. The summed E-state index contributed by atoms with van der Waals surface area (Å²) in [5.74, 6) is 0.597. The van der Waals surface area contributed by atoms with Crippen molar-refractivity contribution in [2.75, 3.05) is 0 Å². The number of furan rings is 2. The smallest absolute Gasteiger partial charge is 0.165 e. The van der Waals surface area contributed by atoms with E-state index < -0.39 is 0 Å². The van der Waals surface area contributed by atoms with Gasteiger partial charge in [-0.05, 0) is 116 Å². The minimum atomic E-state index is -0.113. The molecule has 16 aromatic rings. The summed E-state index contributed by atoms with van der Waals surface area (Å²) < 4.78 is 17.3. The highest BCUT2D eigenvalue weighted by atomic mass is 32.1. The van der Waals surface area contributed by atoms with Gasteiger partial charge in [0.15, 0.2) is 5.82 Å². The van der Waals surface area contributed by atoms with Crippen LogP contribution in [0.1, 0.15) is 25.0 Å². The lowest BCUT2D eigenvalue weighted by molar-refractivity contribution is 0.660. The molecule has 0 amide bonds. The Labute approximate surface area is 445 Å². The molecule has 0 atom stereocenters. The Morgan fingerprint density at radius 2 is 1.08 bits per heavy atom. The van der Waals surface area contributed by atoms with Crippen LogP contribution in [0, 0.1) is 0 Å². The van der Waals surface area contributed by atoms with E-state index in [1.165, 1.54) is 60.5 Å². The van der Waals surface area contributed by atoms with E-state index in [2.05, 4.69) is 225 Å². The van der Waals surface area contributed by atoms with Gasteiger partial charge in [-0.25, -0.2) is 9.97 Å². The molecule has 6 heteroatoms. The summed E-state index contributed by atoms with van der Waals surface area (Å²) in [6, 6.07) is 81.0. The topological polar surface area (TPSA) is 57.0 Å². The average molecular weight is 1000 g/mol. The number of fused-ring (bicyclic) bond motifs is 16. The zero-order valence-electron chi connectivity index (χ0n) is 41.9. The maximum Gasteiger partial charge on any atom is 0.165 e. The van der Waals surface area contributed by atoms with Crippen molar-refractivity contribution in [3.63, 3.8) is 0 Å². The molecule has 77 heavy (non-hydrogen) atoms. The van der Waals surface area contributed by atoms with E-state index in [9.17, 15) is 0 Å². The van der Waals surface area contributed by atoms with Gasteiger partial charge in [-0.2, -0.15) is 0 Å². The van der Waals surface area contributed by atoms with Crippen molar-refractivity contribution < 1.29 is 8.83 Å². The van der Waals surface area contributed by atoms with Gasteiger partial charge in [-0.3, -0.25) is 0 Å². The fourth-order valence-corrected chi connectivity index (χ4v) is 14.2. The Bertz CT molecular complexity index is 5210. The van der Waals surface area contributed by atoms with Crippen molar-refractivity contribution in [1.29, 1.82) is 0 Å². The van der Waals surface area contributed by atoms with E-state index in [4.69, 9.17) is 18.8 Å². The molecule has 0 unspecified atom stereocenters. The second-order valence-corrected chi connectivity index (χ2v) is 22.1. The molecule has 0 radical (unpaired) electrons. The molecule has 1 aliphatic rings. The Kier molecular flexibility index (Phi) is 8.71. The first-order valence-electron chi connectivity index (χ1n) is 26.3. The maximum absolute atomic E-state index is 7.12. The Balaban J connectivity index is 0.930. The Hall–Kier alpha value is -9.62. The van der Waals surface area contributed by atoms with Gasteiger partial charge in [0, 0.05) is 53.4 Å². The van der Waals surface area contributed by atoms with E-state index in [0.29, 0.717) is 5.82 Å². The molecule has 0 aliphatic heterocycles. The van der Waals surface area contributed by atoms with Crippen molar-refractivity contribution in [2.45, 2.75) is 19.3 Å².